The second-order valence-corrected chi connectivity index (χ2v) is 5.65. The van der Waals surface area contributed by atoms with Gasteiger partial charge in [0.2, 0.25) is 0 Å². The number of anilines is 1. The molecule has 19 heavy (non-hydrogen) atoms. The van der Waals surface area contributed by atoms with Gasteiger partial charge < -0.3 is 4.90 Å². The highest BCUT2D eigenvalue weighted by Gasteiger charge is 2.27. The van der Waals surface area contributed by atoms with Crippen LogP contribution in [-0.2, 0) is 0 Å². The van der Waals surface area contributed by atoms with Gasteiger partial charge >= 0.3 is 0 Å². The second-order valence-electron chi connectivity index (χ2n) is 5.65. The molecule has 1 aromatic rings. The third-order valence-electron chi connectivity index (χ3n) is 4.01. The molecule has 0 radical (unpaired) electrons. The van der Waals surface area contributed by atoms with Crippen molar-refractivity contribution in [1.82, 2.24) is 5.43 Å². The zero-order valence-electron chi connectivity index (χ0n) is 11.8. The van der Waals surface area contributed by atoms with Gasteiger partial charge in [-0.05, 0) is 63.8 Å². The Hall–Kier alpha value is -1.13. The van der Waals surface area contributed by atoms with Crippen LogP contribution in [0.5, 0.6) is 0 Å². The van der Waals surface area contributed by atoms with Gasteiger partial charge in [0.25, 0.3) is 0 Å². The first-order chi connectivity index (χ1) is 9.11. The Morgan fingerprint density at radius 3 is 2.21 bits per heavy atom. The van der Waals surface area contributed by atoms with Crippen LogP contribution in [-0.4, -0.2) is 18.1 Å². The van der Waals surface area contributed by atoms with E-state index < -0.39 is 0 Å². The molecule has 0 bridgehead atoms. The van der Waals surface area contributed by atoms with E-state index in [9.17, 15) is 4.39 Å². The van der Waals surface area contributed by atoms with E-state index in [0.29, 0.717) is 18.1 Å². The SMILES string of the molecule is CC(C)N(c1ccc(F)cc1)[C@H]1CC[C@@H](NN)CC1. The van der Waals surface area contributed by atoms with Crippen molar-refractivity contribution < 1.29 is 4.39 Å². The number of hydrazine groups is 1. The normalized spacial score (nSPS) is 23.6. The molecule has 0 atom stereocenters. The van der Waals surface area contributed by atoms with Gasteiger partial charge in [-0.25, -0.2) is 4.39 Å². The monoisotopic (exact) mass is 265 g/mol. The third kappa shape index (κ3) is 3.45. The quantitative estimate of drug-likeness (QED) is 0.650. The molecule has 2 rings (SSSR count). The number of nitrogens with one attached hydrogen (secondary N) is 1. The van der Waals surface area contributed by atoms with Crippen LogP contribution in [0.3, 0.4) is 0 Å². The summed E-state index contributed by atoms with van der Waals surface area (Å²) in [6.07, 6.45) is 4.46. The van der Waals surface area contributed by atoms with Crippen LogP contribution in [0, 0.1) is 5.82 Å². The molecule has 0 saturated heterocycles. The van der Waals surface area contributed by atoms with Crippen LogP contribution < -0.4 is 16.2 Å². The van der Waals surface area contributed by atoms with Crippen molar-refractivity contribution in [3.05, 3.63) is 30.1 Å². The summed E-state index contributed by atoms with van der Waals surface area (Å²) < 4.78 is 13.0. The predicted molar refractivity (Wildman–Crippen MR) is 77.4 cm³/mol. The number of nitrogens with two attached hydrogens (primary N) is 1. The van der Waals surface area contributed by atoms with E-state index in [1.165, 1.54) is 12.1 Å². The lowest BCUT2D eigenvalue weighted by Crippen LogP contribution is -2.46. The minimum Gasteiger partial charge on any atom is -0.366 e. The molecule has 3 nitrogen and oxygen atoms in total. The van der Waals surface area contributed by atoms with Crippen molar-refractivity contribution in [2.75, 3.05) is 4.90 Å². The molecule has 0 amide bonds. The van der Waals surface area contributed by atoms with E-state index >= 15 is 0 Å². The molecule has 0 unspecified atom stereocenters. The Morgan fingerprint density at radius 2 is 1.74 bits per heavy atom. The zero-order chi connectivity index (χ0) is 13.8. The molecule has 4 heteroatoms. The molecule has 1 aliphatic carbocycles. The van der Waals surface area contributed by atoms with Crippen LogP contribution >= 0.6 is 0 Å². The lowest BCUT2D eigenvalue weighted by Gasteiger charge is -2.41. The summed E-state index contributed by atoms with van der Waals surface area (Å²) in [6, 6.07) is 8.22. The van der Waals surface area contributed by atoms with Crippen LogP contribution in [0.4, 0.5) is 10.1 Å². The smallest absolute Gasteiger partial charge is 0.123 e. The Morgan fingerprint density at radius 1 is 1.16 bits per heavy atom. The van der Waals surface area contributed by atoms with Crippen molar-refractivity contribution >= 4 is 5.69 Å². The fourth-order valence-corrected chi connectivity index (χ4v) is 3.06. The zero-order valence-corrected chi connectivity index (χ0v) is 11.8. The average Bonchev–Trinajstić information content (AvgIpc) is 2.42. The molecule has 1 aromatic carbocycles. The molecule has 0 aromatic heterocycles. The summed E-state index contributed by atoms with van der Waals surface area (Å²) in [5.74, 6) is 5.33. The molecule has 0 aliphatic heterocycles. The first-order valence-electron chi connectivity index (χ1n) is 7.12. The van der Waals surface area contributed by atoms with E-state index in [0.717, 1.165) is 31.4 Å². The third-order valence-corrected chi connectivity index (χ3v) is 4.01. The van der Waals surface area contributed by atoms with Crippen molar-refractivity contribution in [2.45, 2.75) is 57.7 Å². The van der Waals surface area contributed by atoms with Gasteiger partial charge in [-0.2, -0.15) is 0 Å². The highest BCUT2D eigenvalue weighted by molar-refractivity contribution is 5.48. The van der Waals surface area contributed by atoms with Crippen molar-refractivity contribution in [1.29, 1.82) is 0 Å². The lowest BCUT2D eigenvalue weighted by atomic mass is 9.89. The van der Waals surface area contributed by atoms with E-state index in [1.54, 1.807) is 0 Å². The summed E-state index contributed by atoms with van der Waals surface area (Å²) in [5.41, 5.74) is 3.98. The Labute approximate surface area is 114 Å². The number of nitrogens with zero attached hydrogens (tertiary/aromatic N) is 1. The van der Waals surface area contributed by atoms with Crippen LogP contribution in [0.2, 0.25) is 0 Å². The van der Waals surface area contributed by atoms with Gasteiger partial charge in [0.15, 0.2) is 0 Å². The lowest BCUT2D eigenvalue weighted by molar-refractivity contribution is 0.326. The van der Waals surface area contributed by atoms with E-state index in [2.05, 4.69) is 24.2 Å². The summed E-state index contributed by atoms with van der Waals surface area (Å²) in [5, 5.41) is 0. The summed E-state index contributed by atoms with van der Waals surface area (Å²) in [4.78, 5) is 2.41. The number of rotatable bonds is 4. The van der Waals surface area contributed by atoms with Crippen molar-refractivity contribution in [3.63, 3.8) is 0 Å². The van der Waals surface area contributed by atoms with Gasteiger partial charge in [0.05, 0.1) is 0 Å². The summed E-state index contributed by atoms with van der Waals surface area (Å²) in [7, 11) is 0. The standard InChI is InChI=1S/C15H24FN3/c1-11(2)19(14-7-3-12(16)4-8-14)15-9-5-13(18-17)6-10-15/h3-4,7-8,11,13,15,18H,5-6,9-10,17H2,1-2H3/t13-,15+. The molecule has 3 N–H and O–H groups in total. The van der Waals surface area contributed by atoms with Gasteiger partial charge in [-0.3, -0.25) is 11.3 Å². The number of halogens is 1. The topological polar surface area (TPSA) is 41.3 Å². The van der Waals surface area contributed by atoms with Gasteiger partial charge in [-0.15, -0.1) is 0 Å². The van der Waals surface area contributed by atoms with E-state index in [1.807, 2.05) is 12.1 Å². The van der Waals surface area contributed by atoms with Crippen LogP contribution in [0.1, 0.15) is 39.5 Å². The first-order valence-corrected chi connectivity index (χ1v) is 7.12. The average molecular weight is 265 g/mol. The van der Waals surface area contributed by atoms with E-state index in [4.69, 9.17) is 5.84 Å². The molecule has 106 valence electrons. The first kappa shape index (κ1) is 14.3. The number of hydrogen-bond donors (Lipinski definition) is 2. The number of hydrogen-bond acceptors (Lipinski definition) is 3. The highest BCUT2D eigenvalue weighted by Crippen LogP contribution is 2.29. The van der Waals surface area contributed by atoms with Gasteiger partial charge in [0.1, 0.15) is 5.82 Å². The van der Waals surface area contributed by atoms with Gasteiger partial charge in [-0.1, -0.05) is 0 Å². The fraction of sp³-hybridized carbons (Fsp3) is 0.600. The van der Waals surface area contributed by atoms with Crippen molar-refractivity contribution in [3.8, 4) is 0 Å². The van der Waals surface area contributed by atoms with Crippen LogP contribution in [0.25, 0.3) is 0 Å². The molecule has 0 spiro atoms. The summed E-state index contributed by atoms with van der Waals surface area (Å²) >= 11 is 0. The maximum Gasteiger partial charge on any atom is 0.123 e. The van der Waals surface area contributed by atoms with E-state index in [-0.39, 0.29) is 5.82 Å². The summed E-state index contributed by atoms with van der Waals surface area (Å²) in [6.45, 7) is 4.38. The molecule has 1 aliphatic rings. The Bertz CT molecular complexity index is 383. The van der Waals surface area contributed by atoms with Crippen LogP contribution in [0.15, 0.2) is 24.3 Å². The number of benzene rings is 1. The Kier molecular flexibility index (Phi) is 4.77. The maximum atomic E-state index is 13.0. The molecule has 1 fully saturated rings. The maximum absolute atomic E-state index is 13.0. The molecular weight excluding hydrogens is 241 g/mol. The van der Waals surface area contributed by atoms with Crippen molar-refractivity contribution in [2.24, 2.45) is 5.84 Å². The predicted octanol–water partition coefficient (Wildman–Crippen LogP) is 2.82. The van der Waals surface area contributed by atoms with Gasteiger partial charge in [0, 0.05) is 23.8 Å². The molecule has 1 saturated carbocycles. The minimum absolute atomic E-state index is 0.177. The second kappa shape index (κ2) is 6.35. The molecular formula is C15H24FN3. The molecule has 0 heterocycles. The highest BCUT2D eigenvalue weighted by atomic mass is 19.1. The largest absolute Gasteiger partial charge is 0.366 e. The minimum atomic E-state index is -0.177. The fourth-order valence-electron chi connectivity index (χ4n) is 3.06. The Balaban J connectivity index is 2.10.